The van der Waals surface area contributed by atoms with Gasteiger partial charge in [-0.05, 0) is 6.92 Å². The number of hydrogen-bond acceptors (Lipinski definition) is 5. The van der Waals surface area contributed by atoms with Crippen LogP contribution in [0.3, 0.4) is 0 Å². The molecule has 0 aliphatic rings. The van der Waals surface area contributed by atoms with E-state index >= 15 is 0 Å². The first-order valence-corrected chi connectivity index (χ1v) is 3.93. The van der Waals surface area contributed by atoms with Crippen LogP contribution in [0.5, 0.6) is 0 Å². The van der Waals surface area contributed by atoms with E-state index in [-0.39, 0.29) is 6.61 Å². The van der Waals surface area contributed by atoms with Crippen molar-refractivity contribution in [1.82, 2.24) is 0 Å². The lowest BCUT2D eigenvalue weighted by Crippen LogP contribution is -1.57. The zero-order valence-corrected chi connectivity index (χ0v) is 8.43. The van der Waals surface area contributed by atoms with Crippen molar-refractivity contribution < 1.29 is 14.7 Å². The van der Waals surface area contributed by atoms with E-state index in [1.807, 2.05) is 36.4 Å². The lowest BCUT2D eigenvalue weighted by molar-refractivity contribution is 0.318. The largest absolute Gasteiger partial charge is 0.397 e. The van der Waals surface area contributed by atoms with Gasteiger partial charge < -0.3 is 5.11 Å². The molecule has 0 spiro atoms. The topological polar surface area (TPSA) is 102 Å². The van der Waals surface area contributed by atoms with E-state index in [0.29, 0.717) is 0 Å². The van der Waals surface area contributed by atoms with Crippen LogP contribution < -0.4 is 0 Å². The summed E-state index contributed by atoms with van der Waals surface area (Å²) < 4.78 is 0. The van der Waals surface area contributed by atoms with Gasteiger partial charge in [0, 0.05) is 6.61 Å². The Bertz CT molecular complexity index is 212. The van der Waals surface area contributed by atoms with E-state index in [9.17, 15) is 0 Å². The van der Waals surface area contributed by atoms with Crippen LogP contribution in [0.15, 0.2) is 36.4 Å². The van der Waals surface area contributed by atoms with E-state index in [0.717, 1.165) is 12.2 Å². The van der Waals surface area contributed by atoms with Gasteiger partial charge in [0.2, 0.25) is 12.2 Å². The lowest BCUT2D eigenvalue weighted by atomic mass is 10.4. The molecule has 5 heteroatoms. The number of hydrogen-bond donors (Lipinski definition) is 3. The highest BCUT2D eigenvalue weighted by Gasteiger charge is 1.57. The van der Waals surface area contributed by atoms with Crippen molar-refractivity contribution in [2.24, 2.45) is 0 Å². The van der Waals surface area contributed by atoms with Gasteiger partial charge >= 0.3 is 0 Å². The predicted molar refractivity (Wildman–Crippen MR) is 56.0 cm³/mol. The highest BCUT2D eigenvalue weighted by Crippen LogP contribution is 1.79. The Hall–Kier alpha value is -2.06. The Balaban J connectivity index is -0.000000140. The van der Waals surface area contributed by atoms with Crippen molar-refractivity contribution in [1.29, 1.82) is 10.8 Å². The van der Waals surface area contributed by atoms with Crippen molar-refractivity contribution in [2.45, 2.75) is 6.92 Å². The number of rotatable bonds is 0. The van der Waals surface area contributed by atoms with E-state index < -0.39 is 0 Å². The van der Waals surface area contributed by atoms with Crippen molar-refractivity contribution in [3.63, 3.8) is 0 Å². The molecule has 3 N–H and O–H groups in total. The van der Waals surface area contributed by atoms with E-state index in [4.69, 9.17) is 25.5 Å². The van der Waals surface area contributed by atoms with Crippen LogP contribution in [0.2, 0.25) is 0 Å². The molecule has 0 aromatic heterocycles. The predicted octanol–water partition coefficient (Wildman–Crippen LogP) is 1.49. The summed E-state index contributed by atoms with van der Waals surface area (Å²) in [6, 6.07) is 12.0. The van der Waals surface area contributed by atoms with Crippen molar-refractivity contribution in [3.05, 3.63) is 36.4 Å². The van der Waals surface area contributed by atoms with Gasteiger partial charge in [0.15, 0.2) is 0 Å². The van der Waals surface area contributed by atoms with Gasteiger partial charge in [0.25, 0.3) is 0 Å². The molecule has 82 valence electrons. The maximum atomic E-state index is 8.35. The second kappa shape index (κ2) is 29.7. The monoisotopic (exact) mass is 210 g/mol. The molecule has 0 saturated carbocycles. The molecule has 0 aliphatic heterocycles. The summed E-state index contributed by atoms with van der Waals surface area (Å²) in [4.78, 5) is 16.7. The normalized spacial score (nSPS) is 5.47. The zero-order chi connectivity index (χ0) is 12.4. The Labute approximate surface area is 88.4 Å². The Morgan fingerprint density at radius 3 is 1.07 bits per heavy atom. The highest BCUT2D eigenvalue weighted by molar-refractivity contribution is 5.26. The third kappa shape index (κ3) is 76.0. The number of aliphatic hydroxyl groups excluding tert-OH is 1. The molecule has 5 nitrogen and oxygen atoms in total. The van der Waals surface area contributed by atoms with Crippen molar-refractivity contribution in [3.8, 4) is 0 Å². The fourth-order valence-electron chi connectivity index (χ4n) is 0.385. The van der Waals surface area contributed by atoms with Crippen molar-refractivity contribution in [2.75, 3.05) is 6.61 Å². The Kier molecular flexibility index (Phi) is 36.9. The standard InChI is InChI=1S/C6H6.C2H6O.2CHNO/c1-2-4-6-5-3-1;1-2-3;2*2-1-3/h1-6H;3H,2H2,1H3;2*2H. The summed E-state index contributed by atoms with van der Waals surface area (Å²) in [6.45, 7) is 1.93. The number of aliphatic hydroxyl groups is 1. The molecular formula is C10H14N2O3. The SMILES string of the molecule is CCO.N=C=O.N=C=O.c1ccccc1. The smallest absolute Gasteiger partial charge is 0.231 e. The van der Waals surface area contributed by atoms with E-state index in [2.05, 4.69) is 0 Å². The molecular weight excluding hydrogens is 196 g/mol. The van der Waals surface area contributed by atoms with Crippen LogP contribution in [0, 0.1) is 10.8 Å². The molecule has 15 heavy (non-hydrogen) atoms. The maximum Gasteiger partial charge on any atom is 0.231 e. The van der Waals surface area contributed by atoms with Crippen molar-refractivity contribution >= 4 is 12.2 Å². The third-order valence-electron chi connectivity index (χ3n) is 0.667. The molecule has 0 fully saturated rings. The second-order valence-electron chi connectivity index (χ2n) is 1.68. The minimum atomic E-state index is 0.250. The molecule has 0 heterocycles. The maximum absolute atomic E-state index is 8.35. The van der Waals surface area contributed by atoms with Crippen LogP contribution in [-0.2, 0) is 9.59 Å². The molecule has 0 atom stereocenters. The first-order valence-electron chi connectivity index (χ1n) is 3.93. The third-order valence-corrected chi connectivity index (χ3v) is 0.667. The van der Waals surface area contributed by atoms with Crippen LogP contribution in [0.4, 0.5) is 0 Å². The molecule has 0 aliphatic carbocycles. The minimum Gasteiger partial charge on any atom is -0.397 e. The first kappa shape index (κ1) is 18.7. The molecule has 1 aromatic rings. The summed E-state index contributed by atoms with van der Waals surface area (Å²) in [5.41, 5.74) is 0. The van der Waals surface area contributed by atoms with Gasteiger partial charge in [-0.15, -0.1) is 0 Å². The molecule has 1 rings (SSSR count). The number of carbonyl (C=O) groups excluding carboxylic acids is 2. The summed E-state index contributed by atoms with van der Waals surface area (Å²) >= 11 is 0. The summed E-state index contributed by atoms with van der Waals surface area (Å²) in [6.07, 6.45) is 1.50. The fraction of sp³-hybridized carbons (Fsp3) is 0.200. The molecule has 0 amide bonds. The van der Waals surface area contributed by atoms with Crippen LogP contribution in [-0.4, -0.2) is 23.9 Å². The zero-order valence-electron chi connectivity index (χ0n) is 8.43. The van der Waals surface area contributed by atoms with Gasteiger partial charge in [-0.3, -0.25) is 0 Å². The quantitative estimate of drug-likeness (QED) is 0.446. The summed E-state index contributed by atoms with van der Waals surface area (Å²) in [5, 5.41) is 18.4. The van der Waals surface area contributed by atoms with Crippen LogP contribution in [0.1, 0.15) is 6.92 Å². The second-order valence-corrected chi connectivity index (χ2v) is 1.68. The van der Waals surface area contributed by atoms with Crippen LogP contribution >= 0.6 is 0 Å². The molecule has 0 saturated heterocycles. The van der Waals surface area contributed by atoms with Gasteiger partial charge in [0.05, 0.1) is 0 Å². The van der Waals surface area contributed by atoms with Gasteiger partial charge in [0.1, 0.15) is 0 Å². The molecule has 0 radical (unpaired) electrons. The average Bonchev–Trinajstić information content (AvgIpc) is 2.24. The fourth-order valence-corrected chi connectivity index (χ4v) is 0.385. The molecule has 0 bridgehead atoms. The Morgan fingerprint density at radius 1 is 0.933 bits per heavy atom. The van der Waals surface area contributed by atoms with Gasteiger partial charge in [-0.2, -0.15) is 0 Å². The van der Waals surface area contributed by atoms with Gasteiger partial charge in [-0.25, -0.2) is 20.4 Å². The van der Waals surface area contributed by atoms with Crippen LogP contribution in [0.25, 0.3) is 0 Å². The summed E-state index contributed by atoms with van der Waals surface area (Å²) in [5.74, 6) is 0. The lowest BCUT2D eigenvalue weighted by Gasteiger charge is -1.69. The molecule has 0 unspecified atom stereocenters. The van der Waals surface area contributed by atoms with Gasteiger partial charge in [-0.1, -0.05) is 36.4 Å². The number of nitrogens with one attached hydrogen (secondary N) is 2. The first-order chi connectivity index (χ1) is 7.24. The molecule has 1 aromatic carbocycles. The van der Waals surface area contributed by atoms with E-state index in [1.165, 1.54) is 0 Å². The number of benzene rings is 1. The average molecular weight is 210 g/mol. The van der Waals surface area contributed by atoms with E-state index in [1.54, 1.807) is 6.92 Å². The number of isocyanates is 2. The minimum absolute atomic E-state index is 0.250. The summed E-state index contributed by atoms with van der Waals surface area (Å²) in [7, 11) is 0. The highest BCUT2D eigenvalue weighted by atomic mass is 16.2. The Morgan fingerprint density at radius 2 is 1.00 bits per heavy atom.